The van der Waals surface area contributed by atoms with Crippen molar-refractivity contribution in [2.75, 3.05) is 11.9 Å². The number of pyridine rings is 1. The summed E-state index contributed by atoms with van der Waals surface area (Å²) >= 11 is 0. The molecule has 1 fully saturated rings. The second kappa shape index (κ2) is 7.24. The number of aliphatic hydroxyl groups is 1. The van der Waals surface area contributed by atoms with Gasteiger partial charge in [0.05, 0.1) is 24.0 Å². The predicted molar refractivity (Wildman–Crippen MR) is 78.7 cm³/mol. The number of amides is 1. The molecular formula is C15H23N3O2. The van der Waals surface area contributed by atoms with Gasteiger partial charge in [-0.2, -0.15) is 0 Å². The fourth-order valence-corrected chi connectivity index (χ4v) is 2.54. The molecule has 0 spiro atoms. The van der Waals surface area contributed by atoms with E-state index in [1.165, 1.54) is 0 Å². The lowest BCUT2D eigenvalue weighted by Gasteiger charge is -2.21. The fourth-order valence-electron chi connectivity index (χ4n) is 2.54. The highest BCUT2D eigenvalue weighted by Gasteiger charge is 2.23. The molecule has 1 heterocycles. The number of carbonyl (C=O) groups is 1. The zero-order chi connectivity index (χ0) is 14.4. The number of hydrogen-bond donors (Lipinski definition) is 3. The highest BCUT2D eigenvalue weighted by Crippen LogP contribution is 2.18. The molecule has 0 bridgehead atoms. The van der Waals surface area contributed by atoms with Gasteiger partial charge in [-0.25, -0.2) is 4.98 Å². The Morgan fingerprint density at radius 1 is 1.35 bits per heavy atom. The van der Waals surface area contributed by atoms with Crippen LogP contribution in [0.15, 0.2) is 18.3 Å². The van der Waals surface area contributed by atoms with E-state index in [-0.39, 0.29) is 11.9 Å². The number of hydrogen-bond acceptors (Lipinski definition) is 4. The van der Waals surface area contributed by atoms with Crippen LogP contribution < -0.4 is 10.6 Å². The molecular weight excluding hydrogens is 254 g/mol. The van der Waals surface area contributed by atoms with Gasteiger partial charge in [0.15, 0.2) is 0 Å². The Kier molecular flexibility index (Phi) is 5.35. The Labute approximate surface area is 119 Å². The molecule has 2 atom stereocenters. The fraction of sp³-hybridized carbons (Fsp3) is 0.600. The molecule has 1 amide bonds. The van der Waals surface area contributed by atoms with Crippen molar-refractivity contribution in [2.24, 2.45) is 0 Å². The second-order valence-electron chi connectivity index (χ2n) is 5.25. The smallest absolute Gasteiger partial charge is 0.270 e. The standard InChI is InChI=1S/C15H23N3O2/c1-2-16-11-8-9-13(17-10-11)15(20)18-12-6-4-3-5-7-14(12)19/h8-10,12,14,16,19H,2-7H2,1H3,(H,18,20). The highest BCUT2D eigenvalue weighted by molar-refractivity contribution is 5.92. The van der Waals surface area contributed by atoms with E-state index in [0.29, 0.717) is 5.69 Å². The molecule has 1 aliphatic rings. The summed E-state index contributed by atoms with van der Waals surface area (Å²) in [5.41, 5.74) is 1.29. The first-order valence-electron chi connectivity index (χ1n) is 7.39. The molecule has 3 N–H and O–H groups in total. The SMILES string of the molecule is CCNc1ccc(C(=O)NC2CCCCCC2O)nc1. The van der Waals surface area contributed by atoms with Crippen molar-refractivity contribution in [1.82, 2.24) is 10.3 Å². The largest absolute Gasteiger partial charge is 0.391 e. The third-order valence-electron chi connectivity index (χ3n) is 3.67. The van der Waals surface area contributed by atoms with Crippen LogP contribution in [-0.4, -0.2) is 34.7 Å². The molecule has 110 valence electrons. The van der Waals surface area contributed by atoms with Gasteiger partial charge in [0.25, 0.3) is 5.91 Å². The van der Waals surface area contributed by atoms with Gasteiger partial charge in [-0.1, -0.05) is 19.3 Å². The molecule has 1 saturated carbocycles. The van der Waals surface area contributed by atoms with Gasteiger partial charge in [0.2, 0.25) is 0 Å². The van der Waals surface area contributed by atoms with Crippen LogP contribution in [0.3, 0.4) is 0 Å². The highest BCUT2D eigenvalue weighted by atomic mass is 16.3. The minimum atomic E-state index is -0.442. The van der Waals surface area contributed by atoms with Crippen molar-refractivity contribution < 1.29 is 9.90 Å². The van der Waals surface area contributed by atoms with Crippen molar-refractivity contribution in [3.63, 3.8) is 0 Å². The number of aromatic nitrogens is 1. The van der Waals surface area contributed by atoms with Crippen molar-refractivity contribution in [3.05, 3.63) is 24.0 Å². The average Bonchev–Trinajstić information content (AvgIpc) is 2.65. The minimum Gasteiger partial charge on any atom is -0.391 e. The number of rotatable bonds is 4. The molecule has 1 aromatic rings. The van der Waals surface area contributed by atoms with Crippen LogP contribution >= 0.6 is 0 Å². The molecule has 5 nitrogen and oxygen atoms in total. The Bertz CT molecular complexity index is 433. The molecule has 0 aliphatic heterocycles. The quantitative estimate of drug-likeness (QED) is 0.735. The Hall–Kier alpha value is -1.62. The van der Waals surface area contributed by atoms with Gasteiger partial charge >= 0.3 is 0 Å². The van der Waals surface area contributed by atoms with E-state index in [0.717, 1.165) is 44.3 Å². The van der Waals surface area contributed by atoms with Crippen LogP contribution in [-0.2, 0) is 0 Å². The third kappa shape index (κ3) is 3.93. The predicted octanol–water partition coefficient (Wildman–Crippen LogP) is 1.94. The van der Waals surface area contributed by atoms with E-state index in [9.17, 15) is 9.90 Å². The first kappa shape index (κ1) is 14.8. The van der Waals surface area contributed by atoms with Crippen LogP contribution in [0.4, 0.5) is 5.69 Å². The van der Waals surface area contributed by atoms with E-state index in [4.69, 9.17) is 0 Å². The van der Waals surface area contributed by atoms with E-state index in [1.807, 2.05) is 13.0 Å². The van der Waals surface area contributed by atoms with Gasteiger partial charge in [0, 0.05) is 6.54 Å². The summed E-state index contributed by atoms with van der Waals surface area (Å²) in [5.74, 6) is -0.209. The lowest BCUT2D eigenvalue weighted by atomic mass is 10.1. The van der Waals surface area contributed by atoms with E-state index < -0.39 is 6.10 Å². The molecule has 1 aromatic heterocycles. The Balaban J connectivity index is 1.96. The molecule has 1 aliphatic carbocycles. The Morgan fingerprint density at radius 3 is 2.85 bits per heavy atom. The van der Waals surface area contributed by atoms with E-state index >= 15 is 0 Å². The molecule has 2 rings (SSSR count). The number of carbonyl (C=O) groups excluding carboxylic acids is 1. The van der Waals surface area contributed by atoms with Crippen LogP contribution in [0.5, 0.6) is 0 Å². The summed E-state index contributed by atoms with van der Waals surface area (Å²) in [6, 6.07) is 3.39. The van der Waals surface area contributed by atoms with Crippen molar-refractivity contribution in [3.8, 4) is 0 Å². The summed E-state index contributed by atoms with van der Waals surface area (Å²) < 4.78 is 0. The molecule has 5 heteroatoms. The maximum atomic E-state index is 12.1. The topological polar surface area (TPSA) is 74.2 Å². The number of nitrogens with one attached hydrogen (secondary N) is 2. The van der Waals surface area contributed by atoms with Gasteiger partial charge < -0.3 is 15.7 Å². The lowest BCUT2D eigenvalue weighted by Crippen LogP contribution is -2.42. The van der Waals surface area contributed by atoms with E-state index in [2.05, 4.69) is 15.6 Å². The van der Waals surface area contributed by atoms with Crippen molar-refractivity contribution in [1.29, 1.82) is 0 Å². The average molecular weight is 277 g/mol. The monoisotopic (exact) mass is 277 g/mol. The molecule has 0 radical (unpaired) electrons. The van der Waals surface area contributed by atoms with Crippen LogP contribution in [0.1, 0.15) is 49.5 Å². The molecule has 20 heavy (non-hydrogen) atoms. The normalized spacial score (nSPS) is 22.9. The molecule has 2 unspecified atom stereocenters. The van der Waals surface area contributed by atoms with Gasteiger partial charge in [-0.15, -0.1) is 0 Å². The van der Waals surface area contributed by atoms with Gasteiger partial charge in [-0.05, 0) is 31.9 Å². The summed E-state index contributed by atoms with van der Waals surface area (Å²) in [6.07, 6.45) is 6.02. The second-order valence-corrected chi connectivity index (χ2v) is 5.25. The summed E-state index contributed by atoms with van der Waals surface area (Å²) in [7, 11) is 0. The zero-order valence-corrected chi connectivity index (χ0v) is 11.9. The first-order valence-corrected chi connectivity index (χ1v) is 7.39. The summed E-state index contributed by atoms with van der Waals surface area (Å²) in [4.78, 5) is 16.3. The summed E-state index contributed by atoms with van der Waals surface area (Å²) in [6.45, 7) is 2.83. The van der Waals surface area contributed by atoms with Crippen molar-refractivity contribution >= 4 is 11.6 Å². The third-order valence-corrected chi connectivity index (χ3v) is 3.67. The van der Waals surface area contributed by atoms with Crippen LogP contribution in [0.2, 0.25) is 0 Å². The Morgan fingerprint density at radius 2 is 2.15 bits per heavy atom. The maximum absolute atomic E-state index is 12.1. The first-order chi connectivity index (χ1) is 9.70. The van der Waals surface area contributed by atoms with Gasteiger partial charge in [0.1, 0.15) is 5.69 Å². The maximum Gasteiger partial charge on any atom is 0.270 e. The zero-order valence-electron chi connectivity index (χ0n) is 11.9. The van der Waals surface area contributed by atoms with E-state index in [1.54, 1.807) is 12.3 Å². The molecule has 0 saturated heterocycles. The summed E-state index contributed by atoms with van der Waals surface area (Å²) in [5, 5.41) is 16.1. The van der Waals surface area contributed by atoms with Crippen molar-refractivity contribution in [2.45, 2.75) is 51.2 Å². The van der Waals surface area contributed by atoms with Crippen LogP contribution in [0.25, 0.3) is 0 Å². The lowest BCUT2D eigenvalue weighted by molar-refractivity contribution is 0.0814. The number of nitrogens with zero attached hydrogens (tertiary/aromatic N) is 1. The minimum absolute atomic E-state index is 0.153. The number of aliphatic hydroxyl groups excluding tert-OH is 1. The van der Waals surface area contributed by atoms with Gasteiger partial charge in [-0.3, -0.25) is 4.79 Å². The number of anilines is 1. The molecule has 0 aromatic carbocycles. The van der Waals surface area contributed by atoms with Crippen LogP contribution in [0, 0.1) is 0 Å².